The lowest BCUT2D eigenvalue weighted by molar-refractivity contribution is 0.302. The zero-order valence-corrected chi connectivity index (χ0v) is 12.5. The second-order valence-electron chi connectivity index (χ2n) is 5.29. The lowest BCUT2D eigenvalue weighted by atomic mass is 9.89. The highest BCUT2D eigenvalue weighted by Crippen LogP contribution is 2.36. The van der Waals surface area contributed by atoms with Crippen LogP contribution >= 0.6 is 11.6 Å². The molecule has 110 valence electrons. The summed E-state index contributed by atoms with van der Waals surface area (Å²) >= 11 is 6.14. The number of ether oxygens (including phenoxy) is 1. The van der Waals surface area contributed by atoms with Gasteiger partial charge in [0.05, 0.1) is 6.61 Å². The van der Waals surface area contributed by atoms with Gasteiger partial charge in [-0.25, -0.2) is 4.39 Å². The van der Waals surface area contributed by atoms with Gasteiger partial charge in [0.2, 0.25) is 0 Å². The van der Waals surface area contributed by atoms with Crippen molar-refractivity contribution in [2.75, 3.05) is 13.7 Å². The Bertz CT molecular complexity index is 646. The SMILES string of the molecule is CNC(Cc1ccc(F)cc1Cl)C1COc2ccccc21. The van der Waals surface area contributed by atoms with Crippen LogP contribution in [-0.2, 0) is 6.42 Å². The molecule has 0 saturated heterocycles. The summed E-state index contributed by atoms with van der Waals surface area (Å²) in [4.78, 5) is 0. The van der Waals surface area contributed by atoms with Crippen LogP contribution in [0.25, 0.3) is 0 Å². The van der Waals surface area contributed by atoms with Crippen molar-refractivity contribution in [3.05, 3.63) is 64.4 Å². The molecule has 3 rings (SSSR count). The van der Waals surface area contributed by atoms with E-state index in [4.69, 9.17) is 16.3 Å². The number of benzene rings is 2. The van der Waals surface area contributed by atoms with Gasteiger partial charge in [0, 0.05) is 22.5 Å². The summed E-state index contributed by atoms with van der Waals surface area (Å²) in [7, 11) is 1.93. The highest BCUT2D eigenvalue weighted by molar-refractivity contribution is 6.31. The zero-order valence-electron chi connectivity index (χ0n) is 11.8. The van der Waals surface area contributed by atoms with Crippen LogP contribution in [0.2, 0.25) is 5.02 Å². The molecule has 2 unspecified atom stereocenters. The Morgan fingerprint density at radius 1 is 1.33 bits per heavy atom. The van der Waals surface area contributed by atoms with E-state index in [1.165, 1.54) is 17.7 Å². The van der Waals surface area contributed by atoms with E-state index in [9.17, 15) is 4.39 Å². The van der Waals surface area contributed by atoms with Gasteiger partial charge in [-0.15, -0.1) is 0 Å². The summed E-state index contributed by atoms with van der Waals surface area (Å²) in [5, 5.41) is 3.82. The van der Waals surface area contributed by atoms with Crippen molar-refractivity contribution in [2.24, 2.45) is 0 Å². The van der Waals surface area contributed by atoms with E-state index in [2.05, 4.69) is 11.4 Å². The van der Waals surface area contributed by atoms with Crippen molar-refractivity contribution < 1.29 is 9.13 Å². The highest BCUT2D eigenvalue weighted by Gasteiger charge is 2.30. The Labute approximate surface area is 128 Å². The first-order valence-corrected chi connectivity index (χ1v) is 7.39. The second kappa shape index (κ2) is 6.04. The van der Waals surface area contributed by atoms with Crippen molar-refractivity contribution in [3.63, 3.8) is 0 Å². The standard InChI is InChI=1S/C17H17ClFNO/c1-20-16(8-11-6-7-12(19)9-15(11)18)14-10-21-17-5-3-2-4-13(14)17/h2-7,9,14,16,20H,8,10H2,1H3. The minimum atomic E-state index is -0.306. The monoisotopic (exact) mass is 305 g/mol. The van der Waals surface area contributed by atoms with Gasteiger partial charge in [-0.3, -0.25) is 0 Å². The van der Waals surface area contributed by atoms with Crippen molar-refractivity contribution >= 4 is 11.6 Å². The molecule has 0 amide bonds. The summed E-state index contributed by atoms with van der Waals surface area (Å²) in [5.74, 6) is 0.916. The van der Waals surface area contributed by atoms with Crippen LogP contribution in [0.15, 0.2) is 42.5 Å². The summed E-state index contributed by atoms with van der Waals surface area (Å²) < 4.78 is 18.9. The van der Waals surface area contributed by atoms with Crippen molar-refractivity contribution in [1.29, 1.82) is 0 Å². The van der Waals surface area contributed by atoms with Crippen LogP contribution in [0, 0.1) is 5.82 Å². The molecule has 4 heteroatoms. The maximum atomic E-state index is 13.1. The van der Waals surface area contributed by atoms with Crippen LogP contribution in [0.1, 0.15) is 17.0 Å². The van der Waals surface area contributed by atoms with E-state index in [0.717, 1.165) is 17.7 Å². The average molecular weight is 306 g/mol. The van der Waals surface area contributed by atoms with E-state index >= 15 is 0 Å². The minimum Gasteiger partial charge on any atom is -0.493 e. The van der Waals surface area contributed by atoms with Crippen LogP contribution in [0.5, 0.6) is 5.75 Å². The molecule has 0 fully saturated rings. The Balaban J connectivity index is 1.83. The van der Waals surface area contributed by atoms with Crippen LogP contribution in [-0.4, -0.2) is 19.7 Å². The summed E-state index contributed by atoms with van der Waals surface area (Å²) in [6, 6.07) is 12.9. The molecule has 0 radical (unpaired) electrons. The summed E-state index contributed by atoms with van der Waals surface area (Å²) in [5.41, 5.74) is 2.16. The molecule has 0 saturated carbocycles. The number of fused-ring (bicyclic) bond motifs is 1. The van der Waals surface area contributed by atoms with E-state index in [0.29, 0.717) is 11.6 Å². The predicted octanol–water partition coefficient (Wildman–Crippen LogP) is 3.79. The molecular weight excluding hydrogens is 289 g/mol. The lowest BCUT2D eigenvalue weighted by Gasteiger charge is -2.23. The number of halogens is 2. The molecule has 2 nitrogen and oxygen atoms in total. The quantitative estimate of drug-likeness (QED) is 0.928. The molecule has 2 atom stereocenters. The molecule has 2 aromatic carbocycles. The van der Waals surface area contributed by atoms with Crippen molar-refractivity contribution in [3.8, 4) is 5.75 Å². The van der Waals surface area contributed by atoms with Crippen molar-refractivity contribution in [1.82, 2.24) is 5.32 Å². The van der Waals surface area contributed by atoms with Gasteiger partial charge in [0.15, 0.2) is 0 Å². The Morgan fingerprint density at radius 2 is 2.14 bits per heavy atom. The van der Waals surface area contributed by atoms with Crippen LogP contribution in [0.3, 0.4) is 0 Å². The first kappa shape index (κ1) is 14.4. The van der Waals surface area contributed by atoms with Gasteiger partial charge in [-0.1, -0.05) is 35.9 Å². The highest BCUT2D eigenvalue weighted by atomic mass is 35.5. The fourth-order valence-corrected chi connectivity index (χ4v) is 3.13. The third-order valence-corrected chi connectivity index (χ3v) is 4.40. The van der Waals surface area contributed by atoms with E-state index in [1.807, 2.05) is 25.2 Å². The molecular formula is C17H17ClFNO. The molecule has 0 spiro atoms. The van der Waals surface area contributed by atoms with Crippen LogP contribution < -0.4 is 10.1 Å². The lowest BCUT2D eigenvalue weighted by Crippen LogP contribution is -2.35. The maximum absolute atomic E-state index is 13.1. The first-order chi connectivity index (χ1) is 10.2. The summed E-state index contributed by atoms with van der Waals surface area (Å²) in [6.07, 6.45) is 0.734. The van der Waals surface area contributed by atoms with Crippen LogP contribution in [0.4, 0.5) is 4.39 Å². The Hall–Kier alpha value is -1.58. The van der Waals surface area contributed by atoms with E-state index in [1.54, 1.807) is 6.07 Å². The average Bonchev–Trinajstić information content (AvgIpc) is 2.91. The van der Waals surface area contributed by atoms with Gasteiger partial charge in [0.1, 0.15) is 11.6 Å². The third-order valence-electron chi connectivity index (χ3n) is 4.05. The number of likely N-dealkylation sites (N-methyl/N-ethyl adjacent to an activating group) is 1. The fraction of sp³-hybridized carbons (Fsp3) is 0.294. The van der Waals surface area contributed by atoms with Gasteiger partial charge in [-0.2, -0.15) is 0 Å². The molecule has 1 aliphatic heterocycles. The largest absolute Gasteiger partial charge is 0.493 e. The number of hydrogen-bond acceptors (Lipinski definition) is 2. The predicted molar refractivity (Wildman–Crippen MR) is 82.6 cm³/mol. The maximum Gasteiger partial charge on any atom is 0.124 e. The molecule has 21 heavy (non-hydrogen) atoms. The molecule has 2 aromatic rings. The molecule has 1 N–H and O–H groups in total. The number of hydrogen-bond donors (Lipinski definition) is 1. The summed E-state index contributed by atoms with van der Waals surface area (Å²) in [6.45, 7) is 0.656. The Morgan fingerprint density at radius 3 is 2.90 bits per heavy atom. The topological polar surface area (TPSA) is 21.3 Å². The van der Waals surface area contributed by atoms with Crippen molar-refractivity contribution in [2.45, 2.75) is 18.4 Å². The minimum absolute atomic E-state index is 0.191. The zero-order chi connectivity index (χ0) is 14.8. The molecule has 0 aliphatic carbocycles. The smallest absolute Gasteiger partial charge is 0.124 e. The molecule has 1 heterocycles. The Kier molecular flexibility index (Phi) is 4.13. The van der Waals surface area contributed by atoms with Gasteiger partial charge in [-0.05, 0) is 37.2 Å². The normalized spacial score (nSPS) is 18.1. The fourth-order valence-electron chi connectivity index (χ4n) is 2.89. The number of nitrogens with one attached hydrogen (secondary N) is 1. The van der Waals surface area contributed by atoms with Gasteiger partial charge >= 0.3 is 0 Å². The molecule has 0 bridgehead atoms. The molecule has 1 aliphatic rings. The molecule has 0 aromatic heterocycles. The van der Waals surface area contributed by atoms with Gasteiger partial charge < -0.3 is 10.1 Å². The third kappa shape index (κ3) is 2.89. The number of rotatable bonds is 4. The number of para-hydroxylation sites is 1. The second-order valence-corrected chi connectivity index (χ2v) is 5.70. The van der Waals surface area contributed by atoms with E-state index < -0.39 is 0 Å². The van der Waals surface area contributed by atoms with Gasteiger partial charge in [0.25, 0.3) is 0 Å². The first-order valence-electron chi connectivity index (χ1n) is 7.02. The van der Waals surface area contributed by atoms with E-state index in [-0.39, 0.29) is 17.8 Å².